The lowest BCUT2D eigenvalue weighted by Gasteiger charge is -2.04. The Morgan fingerprint density at radius 3 is 2.18 bits per heavy atom. The molecule has 3 nitrogen and oxygen atoms in total. The third-order valence-corrected chi connectivity index (χ3v) is 2.12. The Balaban J connectivity index is 2.70. The van der Waals surface area contributed by atoms with Gasteiger partial charge in [-0.25, -0.2) is 0 Å². The molecule has 0 bridgehead atoms. The van der Waals surface area contributed by atoms with Gasteiger partial charge in [-0.15, -0.1) is 0 Å². The molecule has 0 aromatic rings. The van der Waals surface area contributed by atoms with E-state index in [2.05, 4.69) is 0 Å². The van der Waals surface area contributed by atoms with E-state index >= 15 is 0 Å². The maximum absolute atomic E-state index is 11.2. The number of nitrogens with zero attached hydrogens (tertiary/aromatic N) is 2. The first kappa shape index (κ1) is 7.75. The topological polar surface area (TPSA) is 64.7 Å². The van der Waals surface area contributed by atoms with Crippen molar-refractivity contribution in [3.8, 4) is 12.1 Å². The van der Waals surface area contributed by atoms with Crippen LogP contribution in [0.1, 0.15) is 19.8 Å². The predicted octanol–water partition coefficient (Wildman–Crippen LogP) is 1.02. The summed E-state index contributed by atoms with van der Waals surface area (Å²) in [5.41, 5.74) is -0.351. The smallest absolute Gasteiger partial charge is 0.191 e. The number of rotatable bonds is 2. The molecule has 0 radical (unpaired) electrons. The Kier molecular flexibility index (Phi) is 1.66. The summed E-state index contributed by atoms with van der Waals surface area (Å²) < 4.78 is 0. The molecule has 0 aliphatic heterocycles. The van der Waals surface area contributed by atoms with E-state index in [1.54, 1.807) is 19.1 Å². The number of nitriles is 2. The zero-order chi connectivity index (χ0) is 8.48. The van der Waals surface area contributed by atoms with Gasteiger partial charge in [0.2, 0.25) is 0 Å². The lowest BCUT2D eigenvalue weighted by molar-refractivity contribution is -0.124. The summed E-state index contributed by atoms with van der Waals surface area (Å²) in [4.78, 5) is 11.2. The molecule has 3 heteroatoms. The van der Waals surface area contributed by atoms with Crippen LogP contribution in [0.2, 0.25) is 0 Å². The van der Waals surface area contributed by atoms with E-state index in [0.29, 0.717) is 0 Å². The van der Waals surface area contributed by atoms with Crippen LogP contribution < -0.4 is 0 Å². The van der Waals surface area contributed by atoms with Gasteiger partial charge >= 0.3 is 0 Å². The van der Waals surface area contributed by atoms with Gasteiger partial charge in [-0.3, -0.25) is 4.79 Å². The monoisotopic (exact) mass is 148 g/mol. The molecule has 0 N–H and O–H groups in total. The quantitative estimate of drug-likeness (QED) is 0.587. The largest absolute Gasteiger partial charge is 0.296 e. The lowest BCUT2D eigenvalue weighted by Crippen LogP contribution is -2.20. The van der Waals surface area contributed by atoms with Gasteiger partial charge < -0.3 is 0 Å². The fourth-order valence-corrected chi connectivity index (χ4v) is 0.928. The average Bonchev–Trinajstić information content (AvgIpc) is 2.72. The van der Waals surface area contributed by atoms with Gasteiger partial charge in [-0.05, 0) is 12.8 Å². The molecule has 0 heterocycles. The molecule has 1 aliphatic carbocycles. The maximum atomic E-state index is 11.2. The summed E-state index contributed by atoms with van der Waals surface area (Å²) in [6.07, 6.45) is 1.65. The Labute approximate surface area is 65.2 Å². The van der Waals surface area contributed by atoms with Crippen LogP contribution in [0.5, 0.6) is 0 Å². The molecule has 1 fully saturated rings. The van der Waals surface area contributed by atoms with Crippen molar-refractivity contribution < 1.29 is 4.79 Å². The van der Waals surface area contributed by atoms with Crippen molar-refractivity contribution in [1.29, 1.82) is 10.5 Å². The average molecular weight is 148 g/mol. The second-order valence-corrected chi connectivity index (χ2v) is 3.12. The minimum atomic E-state index is -1.05. The summed E-state index contributed by atoms with van der Waals surface area (Å²) in [5.74, 6) is -1.26. The molecule has 1 saturated carbocycles. The van der Waals surface area contributed by atoms with Crippen molar-refractivity contribution in [1.82, 2.24) is 0 Å². The van der Waals surface area contributed by atoms with Gasteiger partial charge in [0, 0.05) is 5.41 Å². The zero-order valence-electron chi connectivity index (χ0n) is 6.29. The standard InChI is InChI=1S/C8H8N2O/c1-8(2-3-8)7(11)6(4-9)5-10/h6H,2-3H2,1H3. The van der Waals surface area contributed by atoms with Crippen LogP contribution >= 0.6 is 0 Å². The predicted molar refractivity (Wildman–Crippen MR) is 37.1 cm³/mol. The SMILES string of the molecule is CC1(C(=O)C(C#N)C#N)CC1. The Hall–Kier alpha value is -1.35. The summed E-state index contributed by atoms with van der Waals surface area (Å²) in [6, 6.07) is 3.37. The molecule has 1 rings (SSSR count). The second-order valence-electron chi connectivity index (χ2n) is 3.12. The van der Waals surface area contributed by atoms with Gasteiger partial charge in [0.05, 0.1) is 12.1 Å². The molecule has 0 spiro atoms. The molecule has 1 aliphatic rings. The molecule has 56 valence electrons. The molecule has 0 aromatic carbocycles. The van der Waals surface area contributed by atoms with Crippen LogP contribution in [0, 0.1) is 34.0 Å². The van der Waals surface area contributed by atoms with Gasteiger partial charge in [0.1, 0.15) is 0 Å². The third kappa shape index (κ3) is 1.23. The second kappa shape index (κ2) is 2.36. The van der Waals surface area contributed by atoms with E-state index < -0.39 is 5.92 Å². The van der Waals surface area contributed by atoms with Crippen molar-refractivity contribution in [2.24, 2.45) is 11.3 Å². The van der Waals surface area contributed by atoms with Crippen molar-refractivity contribution in [2.45, 2.75) is 19.8 Å². The Bertz CT molecular complexity index is 251. The van der Waals surface area contributed by atoms with Gasteiger partial charge in [-0.2, -0.15) is 10.5 Å². The number of Topliss-reactive ketones (excluding diaryl/α,β-unsaturated/α-hetero) is 1. The van der Waals surface area contributed by atoms with Gasteiger partial charge in [0.25, 0.3) is 0 Å². The highest BCUT2D eigenvalue weighted by Gasteiger charge is 2.47. The van der Waals surface area contributed by atoms with E-state index in [1.165, 1.54) is 0 Å². The normalized spacial score (nSPS) is 18.5. The Morgan fingerprint density at radius 1 is 1.45 bits per heavy atom. The summed E-state index contributed by atoms with van der Waals surface area (Å²) in [7, 11) is 0. The zero-order valence-corrected chi connectivity index (χ0v) is 6.29. The van der Waals surface area contributed by atoms with Crippen molar-refractivity contribution in [3.05, 3.63) is 0 Å². The first-order valence-electron chi connectivity index (χ1n) is 3.47. The first-order chi connectivity index (χ1) is 5.14. The molecule has 0 atom stereocenters. The molecule has 0 saturated heterocycles. The number of carbonyl (C=O) groups excluding carboxylic acids is 1. The van der Waals surface area contributed by atoms with Crippen molar-refractivity contribution in [2.75, 3.05) is 0 Å². The maximum Gasteiger partial charge on any atom is 0.191 e. The summed E-state index contributed by atoms with van der Waals surface area (Å²) >= 11 is 0. The van der Waals surface area contributed by atoms with E-state index in [9.17, 15) is 4.79 Å². The molecular formula is C8H8N2O. The number of carbonyl (C=O) groups is 1. The molecule has 11 heavy (non-hydrogen) atoms. The lowest BCUT2D eigenvalue weighted by atomic mass is 9.94. The minimum absolute atomic E-state index is 0.206. The van der Waals surface area contributed by atoms with Crippen LogP contribution in [0.25, 0.3) is 0 Å². The molecule has 0 aromatic heterocycles. The van der Waals surface area contributed by atoms with Crippen LogP contribution in [-0.4, -0.2) is 5.78 Å². The van der Waals surface area contributed by atoms with Crippen molar-refractivity contribution in [3.63, 3.8) is 0 Å². The van der Waals surface area contributed by atoms with Gasteiger partial charge in [-0.1, -0.05) is 6.92 Å². The third-order valence-electron chi connectivity index (χ3n) is 2.12. The van der Waals surface area contributed by atoms with Crippen LogP contribution in [0.15, 0.2) is 0 Å². The summed E-state index contributed by atoms with van der Waals surface area (Å²) in [5, 5.41) is 16.8. The number of hydrogen-bond acceptors (Lipinski definition) is 3. The van der Waals surface area contributed by atoms with Crippen LogP contribution in [0.3, 0.4) is 0 Å². The highest BCUT2D eigenvalue weighted by atomic mass is 16.1. The molecule has 0 amide bonds. The van der Waals surface area contributed by atoms with E-state index in [4.69, 9.17) is 10.5 Å². The highest BCUT2D eigenvalue weighted by Crippen LogP contribution is 2.47. The minimum Gasteiger partial charge on any atom is -0.296 e. The Morgan fingerprint density at radius 2 is 1.91 bits per heavy atom. The highest BCUT2D eigenvalue weighted by molar-refractivity contribution is 5.92. The fourth-order valence-electron chi connectivity index (χ4n) is 0.928. The summed E-state index contributed by atoms with van der Waals surface area (Å²) in [6.45, 7) is 1.80. The molecular weight excluding hydrogens is 140 g/mol. The first-order valence-corrected chi connectivity index (χ1v) is 3.47. The van der Waals surface area contributed by atoms with Crippen molar-refractivity contribution >= 4 is 5.78 Å². The number of hydrogen-bond donors (Lipinski definition) is 0. The van der Waals surface area contributed by atoms with Crippen LogP contribution in [-0.2, 0) is 4.79 Å². The van der Waals surface area contributed by atoms with Gasteiger partial charge in [0.15, 0.2) is 11.7 Å². The molecule has 0 unspecified atom stereocenters. The fraction of sp³-hybridized carbons (Fsp3) is 0.625. The van der Waals surface area contributed by atoms with E-state index in [1.807, 2.05) is 0 Å². The van der Waals surface area contributed by atoms with E-state index in [0.717, 1.165) is 12.8 Å². The van der Waals surface area contributed by atoms with Crippen LogP contribution in [0.4, 0.5) is 0 Å². The number of ketones is 1. The van der Waals surface area contributed by atoms with E-state index in [-0.39, 0.29) is 11.2 Å².